The number of aryl methyl sites for hydroxylation is 2. The van der Waals surface area contributed by atoms with Gasteiger partial charge in [-0.1, -0.05) is 30.3 Å². The highest BCUT2D eigenvalue weighted by atomic mass is 16.3. The number of likely N-dealkylation sites (tertiary alicyclic amines) is 1. The first kappa shape index (κ1) is 24.5. The van der Waals surface area contributed by atoms with Crippen molar-refractivity contribution in [3.8, 4) is 0 Å². The number of urea groups is 1. The second-order valence-electron chi connectivity index (χ2n) is 9.36. The van der Waals surface area contributed by atoms with Crippen LogP contribution in [0.3, 0.4) is 0 Å². The molecule has 186 valence electrons. The lowest BCUT2D eigenvalue weighted by molar-refractivity contribution is -0.139. The minimum absolute atomic E-state index is 0.0107. The van der Waals surface area contributed by atoms with Gasteiger partial charge >= 0.3 is 6.03 Å². The van der Waals surface area contributed by atoms with Crippen molar-refractivity contribution in [3.05, 3.63) is 59.5 Å². The summed E-state index contributed by atoms with van der Waals surface area (Å²) in [6.45, 7) is 4.71. The van der Waals surface area contributed by atoms with Crippen molar-refractivity contribution in [2.24, 2.45) is 0 Å². The normalized spacial score (nSPS) is 21.1. The zero-order valence-corrected chi connectivity index (χ0v) is 20.0. The molecule has 0 saturated carbocycles. The molecule has 35 heavy (non-hydrogen) atoms. The number of imide groups is 1. The van der Waals surface area contributed by atoms with E-state index in [2.05, 4.69) is 16.1 Å². The molecule has 0 aliphatic carbocycles. The van der Waals surface area contributed by atoms with E-state index >= 15 is 0 Å². The van der Waals surface area contributed by atoms with Gasteiger partial charge in [0.2, 0.25) is 0 Å². The molecular formula is C25H31N5O5. The van der Waals surface area contributed by atoms with Gasteiger partial charge in [-0.25, -0.2) is 4.79 Å². The Kier molecular flexibility index (Phi) is 7.20. The second kappa shape index (κ2) is 10.3. The van der Waals surface area contributed by atoms with Gasteiger partial charge in [-0.15, -0.1) is 0 Å². The summed E-state index contributed by atoms with van der Waals surface area (Å²) in [5, 5.41) is 6.45. The number of nitrogens with zero attached hydrogens (tertiary/aromatic N) is 2. The lowest BCUT2D eigenvalue weighted by Crippen LogP contribution is -2.52. The third-order valence-corrected chi connectivity index (χ3v) is 6.51. The molecule has 2 aromatic rings. The third-order valence-electron chi connectivity index (χ3n) is 6.51. The summed E-state index contributed by atoms with van der Waals surface area (Å²) < 4.78 is 5.35. The van der Waals surface area contributed by atoms with Crippen molar-refractivity contribution in [1.29, 1.82) is 0 Å². The van der Waals surface area contributed by atoms with Gasteiger partial charge in [0.25, 0.3) is 17.7 Å². The van der Waals surface area contributed by atoms with Crippen LogP contribution in [0.15, 0.2) is 46.9 Å². The molecule has 0 bridgehead atoms. The standard InChI is InChI=1S/C25H31N5O5/c1-17-8-9-20(35-17)22(32)26-19-11-14-29(15-12-19)16-21(31)28-30-23(33)25(2,27-24(30)34)13-10-18-6-4-3-5-7-18/h3-9,19H,10-16H2,1-2H3,(H,26,32)(H,27,34)(H,28,31). The number of carbonyl (C=O) groups is 4. The first-order valence-electron chi connectivity index (χ1n) is 11.8. The molecule has 1 aromatic carbocycles. The highest BCUT2D eigenvalue weighted by molar-refractivity contribution is 6.07. The Balaban J connectivity index is 1.22. The van der Waals surface area contributed by atoms with Crippen molar-refractivity contribution in [2.45, 2.75) is 51.1 Å². The summed E-state index contributed by atoms with van der Waals surface area (Å²) in [5.74, 6) is -0.190. The molecule has 10 nitrogen and oxygen atoms in total. The van der Waals surface area contributed by atoms with Crippen LogP contribution in [0, 0.1) is 6.92 Å². The molecule has 2 fully saturated rings. The van der Waals surface area contributed by atoms with Crippen LogP contribution in [0.2, 0.25) is 0 Å². The molecule has 0 spiro atoms. The monoisotopic (exact) mass is 481 g/mol. The third kappa shape index (κ3) is 5.89. The number of rotatable bonds is 8. The number of hydrogen-bond acceptors (Lipinski definition) is 6. The molecule has 10 heteroatoms. The number of amides is 5. The fraction of sp³-hybridized carbons (Fsp3) is 0.440. The number of piperidine rings is 1. The minimum atomic E-state index is -1.08. The van der Waals surface area contributed by atoms with Gasteiger partial charge < -0.3 is 15.1 Å². The van der Waals surface area contributed by atoms with Gasteiger partial charge in [0.05, 0.1) is 6.54 Å². The van der Waals surface area contributed by atoms with Crippen molar-refractivity contribution in [3.63, 3.8) is 0 Å². The van der Waals surface area contributed by atoms with Gasteiger partial charge in [-0.3, -0.25) is 24.7 Å². The van der Waals surface area contributed by atoms with Crippen molar-refractivity contribution >= 4 is 23.8 Å². The van der Waals surface area contributed by atoms with E-state index in [9.17, 15) is 19.2 Å². The maximum atomic E-state index is 12.9. The minimum Gasteiger partial charge on any atom is -0.456 e. The lowest BCUT2D eigenvalue weighted by atomic mass is 9.93. The van der Waals surface area contributed by atoms with Crippen LogP contribution in [0.25, 0.3) is 0 Å². The van der Waals surface area contributed by atoms with Crippen LogP contribution in [0.1, 0.15) is 48.1 Å². The molecule has 1 aromatic heterocycles. The van der Waals surface area contributed by atoms with E-state index in [0.29, 0.717) is 44.5 Å². The fourth-order valence-corrected chi connectivity index (χ4v) is 4.41. The molecule has 1 atom stereocenters. The van der Waals surface area contributed by atoms with E-state index in [4.69, 9.17) is 4.42 Å². The smallest absolute Gasteiger partial charge is 0.344 e. The highest BCUT2D eigenvalue weighted by Gasteiger charge is 2.48. The van der Waals surface area contributed by atoms with Gasteiger partial charge in [0, 0.05) is 19.1 Å². The molecule has 3 heterocycles. The summed E-state index contributed by atoms with van der Waals surface area (Å²) in [6.07, 6.45) is 2.40. The van der Waals surface area contributed by atoms with Crippen molar-refractivity contribution < 1.29 is 23.6 Å². The zero-order chi connectivity index (χ0) is 25.0. The average Bonchev–Trinajstić information content (AvgIpc) is 3.37. The van der Waals surface area contributed by atoms with Crippen molar-refractivity contribution in [2.75, 3.05) is 19.6 Å². The number of hydrogen-bond donors (Lipinski definition) is 3. The number of furan rings is 1. The molecule has 4 rings (SSSR count). The first-order chi connectivity index (χ1) is 16.7. The molecule has 1 unspecified atom stereocenters. The Labute approximate surface area is 204 Å². The Hall–Kier alpha value is -3.66. The van der Waals surface area contributed by atoms with Gasteiger partial charge in [0.15, 0.2) is 5.76 Å². The van der Waals surface area contributed by atoms with E-state index in [1.807, 2.05) is 35.2 Å². The van der Waals surface area contributed by atoms with Crippen LogP contribution in [-0.4, -0.2) is 64.9 Å². The lowest BCUT2D eigenvalue weighted by Gasteiger charge is -2.32. The molecule has 2 aliphatic rings. The number of nitrogens with one attached hydrogen (secondary N) is 3. The Morgan fingerprint density at radius 1 is 1.11 bits per heavy atom. The molecule has 5 amide bonds. The van der Waals surface area contributed by atoms with Crippen molar-refractivity contribution in [1.82, 2.24) is 26.0 Å². The fourth-order valence-electron chi connectivity index (χ4n) is 4.41. The molecule has 0 radical (unpaired) electrons. The summed E-state index contributed by atoms with van der Waals surface area (Å²) in [7, 11) is 0. The predicted octanol–water partition coefficient (Wildman–Crippen LogP) is 1.76. The molecule has 2 saturated heterocycles. The number of benzene rings is 1. The molecule has 2 aliphatic heterocycles. The second-order valence-corrected chi connectivity index (χ2v) is 9.36. The SMILES string of the molecule is Cc1ccc(C(=O)NC2CCN(CC(=O)NN3C(=O)NC(C)(CCc4ccccc4)C3=O)CC2)o1. The van der Waals surface area contributed by atoms with Gasteiger partial charge in [0.1, 0.15) is 11.3 Å². The maximum absolute atomic E-state index is 12.9. The van der Waals surface area contributed by atoms with Crippen LogP contribution < -0.4 is 16.1 Å². The van der Waals surface area contributed by atoms with Crippen LogP contribution in [0.4, 0.5) is 4.79 Å². The van der Waals surface area contributed by atoms with E-state index < -0.39 is 23.4 Å². The topological polar surface area (TPSA) is 124 Å². The molecule has 3 N–H and O–H groups in total. The Bertz CT molecular complexity index is 1090. The van der Waals surface area contributed by atoms with Crippen LogP contribution in [-0.2, 0) is 16.0 Å². The zero-order valence-electron chi connectivity index (χ0n) is 20.0. The summed E-state index contributed by atoms with van der Waals surface area (Å²) in [5.41, 5.74) is 2.44. The van der Waals surface area contributed by atoms with E-state index in [1.54, 1.807) is 26.0 Å². The Morgan fingerprint density at radius 3 is 2.49 bits per heavy atom. The quantitative estimate of drug-likeness (QED) is 0.494. The van der Waals surface area contributed by atoms with Crippen LogP contribution >= 0.6 is 0 Å². The maximum Gasteiger partial charge on any atom is 0.344 e. The summed E-state index contributed by atoms with van der Waals surface area (Å²) in [4.78, 5) is 52.1. The summed E-state index contributed by atoms with van der Waals surface area (Å²) >= 11 is 0. The summed E-state index contributed by atoms with van der Waals surface area (Å²) in [6, 6.07) is 12.5. The molecular weight excluding hydrogens is 450 g/mol. The largest absolute Gasteiger partial charge is 0.456 e. The van der Waals surface area contributed by atoms with E-state index in [-0.39, 0.29) is 24.3 Å². The average molecular weight is 482 g/mol. The van der Waals surface area contributed by atoms with E-state index in [0.717, 1.165) is 10.6 Å². The van der Waals surface area contributed by atoms with Gasteiger partial charge in [-0.05, 0) is 57.2 Å². The predicted molar refractivity (Wildman–Crippen MR) is 127 cm³/mol. The Morgan fingerprint density at radius 2 is 1.83 bits per heavy atom. The highest BCUT2D eigenvalue weighted by Crippen LogP contribution is 2.22. The number of carbonyl (C=O) groups excluding carboxylic acids is 4. The number of hydrazine groups is 1. The van der Waals surface area contributed by atoms with Gasteiger partial charge in [-0.2, -0.15) is 5.01 Å². The van der Waals surface area contributed by atoms with Crippen LogP contribution in [0.5, 0.6) is 0 Å². The first-order valence-corrected chi connectivity index (χ1v) is 11.8. The van der Waals surface area contributed by atoms with E-state index in [1.165, 1.54) is 0 Å².